The minimum atomic E-state index is -1.02. The maximum atomic E-state index is 15.3. The number of aryl methyl sites for hydroxylation is 2. The first-order valence-electron chi connectivity index (χ1n) is 25.7. The van der Waals surface area contributed by atoms with E-state index in [4.69, 9.17) is 9.47 Å². The molecule has 0 aliphatic carbocycles. The number of nitrogens with zero attached hydrogens (tertiary/aromatic N) is 6. The fourth-order valence-electron chi connectivity index (χ4n) is 11.1. The summed E-state index contributed by atoms with van der Waals surface area (Å²) in [6.07, 6.45) is 3.41. The maximum absolute atomic E-state index is 15.3. The number of fused-ring (bicyclic) bond motifs is 8. The van der Waals surface area contributed by atoms with Crippen molar-refractivity contribution in [1.82, 2.24) is 39.4 Å². The van der Waals surface area contributed by atoms with Crippen LogP contribution in [-0.4, -0.2) is 139 Å². The van der Waals surface area contributed by atoms with Crippen molar-refractivity contribution in [3.63, 3.8) is 0 Å². The molecule has 0 radical (unpaired) electrons. The van der Waals surface area contributed by atoms with Crippen molar-refractivity contribution in [2.75, 3.05) is 27.2 Å². The highest BCUT2D eigenvalue weighted by Crippen LogP contribution is 2.45. The van der Waals surface area contributed by atoms with Crippen LogP contribution in [0.25, 0.3) is 33.2 Å². The molecule has 6 amide bonds. The molecular formula is C54H72F2N8O8. The molecule has 6 heterocycles. The monoisotopic (exact) mass is 999 g/mol. The van der Waals surface area contributed by atoms with Gasteiger partial charge in [0, 0.05) is 63.1 Å². The number of benzene rings is 2. The highest BCUT2D eigenvalue weighted by atomic mass is 19.1. The smallest absolute Gasteiger partial charge is 0.410 e. The third-order valence-corrected chi connectivity index (χ3v) is 15.0. The molecule has 72 heavy (non-hydrogen) atoms. The van der Waals surface area contributed by atoms with E-state index in [9.17, 15) is 19.2 Å². The number of amides is 6. The highest BCUT2D eigenvalue weighted by Gasteiger charge is 2.41. The highest BCUT2D eigenvalue weighted by molar-refractivity contribution is 5.99. The lowest BCUT2D eigenvalue weighted by molar-refractivity contribution is -0.138. The zero-order chi connectivity index (χ0) is 52.1. The van der Waals surface area contributed by atoms with Gasteiger partial charge < -0.3 is 39.0 Å². The predicted molar refractivity (Wildman–Crippen MR) is 269 cm³/mol. The molecule has 8 rings (SSSR count). The van der Waals surface area contributed by atoms with Gasteiger partial charge in [-0.15, -0.1) is 0 Å². The van der Waals surface area contributed by atoms with Crippen molar-refractivity contribution in [1.29, 1.82) is 0 Å². The molecule has 2 aromatic heterocycles. The van der Waals surface area contributed by atoms with Crippen LogP contribution >= 0.6 is 0 Å². The number of carbonyl (C=O) groups excluding carboxylic acids is 6. The zero-order valence-electron chi connectivity index (χ0n) is 43.5. The fraction of sp³-hybridized carbons (Fsp3) is 0.593. The van der Waals surface area contributed by atoms with Gasteiger partial charge in [-0.2, -0.15) is 0 Å². The summed E-state index contributed by atoms with van der Waals surface area (Å²) in [5.74, 6) is -2.43. The van der Waals surface area contributed by atoms with Crippen LogP contribution in [0.4, 0.5) is 18.4 Å². The van der Waals surface area contributed by atoms with Crippen LogP contribution in [-0.2, 0) is 54.6 Å². The largest absolute Gasteiger partial charge is 0.444 e. The molecule has 4 aromatic rings. The Hall–Kier alpha value is -6.20. The number of aromatic nitrogens is 2. The Kier molecular flexibility index (Phi) is 14.7. The van der Waals surface area contributed by atoms with Gasteiger partial charge in [-0.25, -0.2) is 18.4 Å². The first kappa shape index (κ1) is 52.1. The number of likely N-dealkylation sites (N-methyl/N-ethyl adjacent to an activating group) is 2. The Labute approximate surface area is 420 Å². The van der Waals surface area contributed by atoms with Crippen molar-refractivity contribution in [3.05, 3.63) is 59.2 Å². The molecule has 2 aromatic carbocycles. The number of rotatable bonds is 6. The number of nitrogens with one attached hydrogen (secondary N) is 2. The Morgan fingerprint density at radius 2 is 0.972 bits per heavy atom. The molecule has 2 fully saturated rings. The van der Waals surface area contributed by atoms with Gasteiger partial charge in [0.05, 0.1) is 22.4 Å². The number of ether oxygens (including phenoxy) is 2. The van der Waals surface area contributed by atoms with Crippen LogP contribution in [0.15, 0.2) is 36.4 Å². The van der Waals surface area contributed by atoms with E-state index in [0.717, 1.165) is 33.3 Å². The second-order valence-corrected chi connectivity index (χ2v) is 22.3. The first-order chi connectivity index (χ1) is 33.9. The van der Waals surface area contributed by atoms with Crippen molar-refractivity contribution in [2.24, 2.45) is 0 Å². The molecule has 2 N–H and O–H groups in total. The van der Waals surface area contributed by atoms with Gasteiger partial charge in [0.25, 0.3) is 0 Å². The van der Waals surface area contributed by atoms with E-state index < -0.39 is 59.4 Å². The molecule has 0 saturated carbocycles. The SMILES string of the molecule is C[C@@H](C(=O)N[C@H]1CCCC[C@H](NC(=O)[C@H](C)N(C)C(=O)OC(C)(C)C)C(=O)N2CCC[C@H]2Cc2c3n(c4cc(F)ccc24)CCn2c-3c(c3ccc(F)cc32)C[C@@H]2CCCN2C1=O)N(C)C(=O)OC(C)(C)C. The second-order valence-electron chi connectivity index (χ2n) is 22.3. The molecule has 0 bridgehead atoms. The summed E-state index contributed by atoms with van der Waals surface area (Å²) in [6, 6.07) is 4.98. The molecule has 0 spiro atoms. The fourth-order valence-corrected chi connectivity index (χ4v) is 11.1. The second kappa shape index (κ2) is 20.4. The summed E-state index contributed by atoms with van der Waals surface area (Å²) in [5.41, 5.74) is 3.41. The van der Waals surface area contributed by atoms with Crippen molar-refractivity contribution in [2.45, 2.75) is 180 Å². The van der Waals surface area contributed by atoms with Crippen LogP contribution in [0, 0.1) is 11.6 Å². The van der Waals surface area contributed by atoms with Crippen LogP contribution in [0.5, 0.6) is 0 Å². The van der Waals surface area contributed by atoms with Gasteiger partial charge in [-0.1, -0.05) is 12.8 Å². The van der Waals surface area contributed by atoms with Crippen LogP contribution < -0.4 is 10.6 Å². The third-order valence-electron chi connectivity index (χ3n) is 15.0. The van der Waals surface area contributed by atoms with E-state index in [1.54, 1.807) is 79.7 Å². The lowest BCUT2D eigenvalue weighted by Crippen LogP contribution is -2.55. The lowest BCUT2D eigenvalue weighted by Gasteiger charge is -2.33. The van der Waals surface area contributed by atoms with E-state index in [1.807, 2.05) is 9.80 Å². The topological polar surface area (TPSA) is 168 Å². The average Bonchev–Trinajstić information content (AvgIpc) is 4.11. The number of carbonyl (C=O) groups is 6. The van der Waals surface area contributed by atoms with E-state index in [1.165, 1.54) is 36.0 Å². The van der Waals surface area contributed by atoms with Gasteiger partial charge in [0.15, 0.2) is 0 Å². The average molecular weight is 999 g/mol. The quantitative estimate of drug-likeness (QED) is 0.199. The normalized spacial score (nSPS) is 21.8. The van der Waals surface area contributed by atoms with Crippen molar-refractivity contribution < 1.29 is 47.0 Å². The van der Waals surface area contributed by atoms with E-state index >= 15 is 18.4 Å². The van der Waals surface area contributed by atoms with Crippen LogP contribution in [0.1, 0.15) is 118 Å². The summed E-state index contributed by atoms with van der Waals surface area (Å²) < 4.78 is 46.0. The summed E-state index contributed by atoms with van der Waals surface area (Å²) >= 11 is 0. The molecule has 0 unspecified atom stereocenters. The minimum Gasteiger partial charge on any atom is -0.444 e. The molecule has 4 aliphatic rings. The Bertz CT molecular complexity index is 2590. The Morgan fingerprint density at radius 3 is 1.33 bits per heavy atom. The summed E-state index contributed by atoms with van der Waals surface area (Å²) in [6.45, 7) is 15.4. The van der Waals surface area contributed by atoms with E-state index in [2.05, 4.69) is 19.8 Å². The maximum Gasteiger partial charge on any atom is 0.410 e. The molecule has 16 nitrogen and oxygen atoms in total. The lowest BCUT2D eigenvalue weighted by atomic mass is 9.94. The summed E-state index contributed by atoms with van der Waals surface area (Å²) in [4.78, 5) is 90.8. The standard InChI is InChI=1S/C54H72F2N8O8/c1-31(59(9)51(69)71-53(3,4)5)47(65)57-41-17-11-12-18-42(58-48(66)32(2)60(10)52(70)72-54(6,7)8)50(68)62-24-14-16-36(62)30-40-38-22-20-34(56)28-44(38)64-26-25-63-43-27-33(55)19-21-37(43)39(45(63)46(40)64)29-35-15-13-23-61(35)49(41)67/h19-22,27-28,31-32,35-36,41-42H,11-18,23-26,29-30H2,1-10H3,(H,57,65)(H,58,66)/t31-,32-,35-,36-,41-,42-/m0/s1. The van der Waals surface area contributed by atoms with Crippen molar-refractivity contribution >= 4 is 57.6 Å². The van der Waals surface area contributed by atoms with Gasteiger partial charge in [0.2, 0.25) is 23.6 Å². The summed E-state index contributed by atoms with van der Waals surface area (Å²) in [7, 11) is 2.94. The van der Waals surface area contributed by atoms with Gasteiger partial charge in [-0.3, -0.25) is 29.0 Å². The predicted octanol–water partition coefficient (Wildman–Crippen LogP) is 7.68. The summed E-state index contributed by atoms with van der Waals surface area (Å²) in [5, 5.41) is 7.68. The Balaban J connectivity index is 1.22. The van der Waals surface area contributed by atoms with Gasteiger partial charge >= 0.3 is 12.2 Å². The molecule has 4 aliphatic heterocycles. The van der Waals surface area contributed by atoms with Gasteiger partial charge in [0.1, 0.15) is 47.0 Å². The molecule has 2 saturated heterocycles. The van der Waals surface area contributed by atoms with E-state index in [0.29, 0.717) is 88.6 Å². The molecule has 390 valence electrons. The molecule has 6 atom stereocenters. The first-order valence-corrected chi connectivity index (χ1v) is 25.7. The number of halogens is 2. The minimum absolute atomic E-state index is 0.194. The van der Waals surface area contributed by atoms with Crippen LogP contribution in [0.2, 0.25) is 0 Å². The third kappa shape index (κ3) is 10.6. The molecule has 18 heteroatoms. The number of hydrogen-bond donors (Lipinski definition) is 2. The van der Waals surface area contributed by atoms with Crippen molar-refractivity contribution in [3.8, 4) is 11.4 Å². The van der Waals surface area contributed by atoms with Crippen LogP contribution in [0.3, 0.4) is 0 Å². The molecular weight excluding hydrogens is 927 g/mol. The Morgan fingerprint density at radius 1 is 0.597 bits per heavy atom. The number of hydrogen-bond acceptors (Lipinski definition) is 8. The van der Waals surface area contributed by atoms with E-state index in [-0.39, 0.29) is 48.4 Å². The van der Waals surface area contributed by atoms with Gasteiger partial charge in [-0.05, 0) is 154 Å². The zero-order valence-corrected chi connectivity index (χ0v) is 43.5.